The van der Waals surface area contributed by atoms with Crippen molar-refractivity contribution in [2.45, 2.75) is 42.0 Å². The smallest absolute Gasteiger partial charge is 0.322 e. The Bertz CT molecular complexity index is 1550. The Kier molecular flexibility index (Phi) is 5.84. The third-order valence-electron chi connectivity index (χ3n) is 7.35. The fourth-order valence-corrected chi connectivity index (χ4v) is 6.73. The van der Waals surface area contributed by atoms with Crippen LogP contribution < -0.4 is 14.8 Å². The van der Waals surface area contributed by atoms with E-state index in [9.17, 15) is 23.1 Å². The number of aromatic nitrogens is 1. The number of anilines is 1. The summed E-state index contributed by atoms with van der Waals surface area (Å²) in [6, 6.07) is 15.9. The molecule has 2 fully saturated rings. The first-order valence-corrected chi connectivity index (χ1v) is 13.8. The number of sulfonamides is 1. The number of rotatable bonds is 7. The van der Waals surface area contributed by atoms with E-state index in [4.69, 9.17) is 9.47 Å². The summed E-state index contributed by atoms with van der Waals surface area (Å²) in [5, 5.41) is 12.3. The van der Waals surface area contributed by atoms with Crippen LogP contribution in [0.15, 0.2) is 65.6 Å². The van der Waals surface area contributed by atoms with Crippen LogP contribution in [0.2, 0.25) is 0 Å². The third-order valence-corrected chi connectivity index (χ3v) is 9.27. The second-order valence-corrected chi connectivity index (χ2v) is 11.5. The largest absolute Gasteiger partial charge is 0.480 e. The lowest BCUT2D eigenvalue weighted by atomic mass is 9.94. The van der Waals surface area contributed by atoms with Gasteiger partial charge in [-0.1, -0.05) is 24.3 Å². The molecule has 11 heteroatoms. The zero-order chi connectivity index (χ0) is 26.5. The van der Waals surface area contributed by atoms with E-state index < -0.39 is 27.4 Å². The molecule has 6 rings (SSSR count). The highest BCUT2D eigenvalue weighted by molar-refractivity contribution is 7.89. The summed E-state index contributed by atoms with van der Waals surface area (Å²) in [7, 11) is -3.94. The lowest BCUT2D eigenvalue weighted by Gasteiger charge is -2.21. The van der Waals surface area contributed by atoms with Crippen molar-refractivity contribution in [1.29, 1.82) is 0 Å². The van der Waals surface area contributed by atoms with Gasteiger partial charge in [0.1, 0.15) is 11.9 Å². The second-order valence-electron chi connectivity index (χ2n) is 9.65. The molecule has 3 heterocycles. The minimum Gasteiger partial charge on any atom is -0.480 e. The van der Waals surface area contributed by atoms with Crippen LogP contribution in [-0.2, 0) is 25.0 Å². The molecule has 1 amide bonds. The van der Waals surface area contributed by atoms with Crippen LogP contribution in [-0.4, -0.2) is 54.1 Å². The summed E-state index contributed by atoms with van der Waals surface area (Å²) in [6.07, 6.45) is 2.24. The summed E-state index contributed by atoms with van der Waals surface area (Å²) >= 11 is 0. The lowest BCUT2D eigenvalue weighted by Crippen LogP contribution is -2.40. The molecular formula is C27H29N3O7S. The molecule has 2 aromatic carbocycles. The number of fused-ring (bicyclic) bond motifs is 1. The Morgan fingerprint density at radius 3 is 2.55 bits per heavy atom. The van der Waals surface area contributed by atoms with Crippen molar-refractivity contribution in [3.8, 4) is 22.8 Å². The zero-order valence-electron chi connectivity index (χ0n) is 20.3. The lowest BCUT2D eigenvalue weighted by molar-refractivity contribution is -0.140. The van der Waals surface area contributed by atoms with Crippen molar-refractivity contribution in [3.63, 3.8) is 0 Å². The zero-order valence-corrected chi connectivity index (χ0v) is 21.1. The number of carbonyl (C=O) groups is 2. The van der Waals surface area contributed by atoms with Crippen LogP contribution in [0.25, 0.3) is 11.3 Å². The summed E-state index contributed by atoms with van der Waals surface area (Å²) < 4.78 is 38.0. The van der Waals surface area contributed by atoms with E-state index in [1.54, 1.807) is 30.3 Å². The van der Waals surface area contributed by atoms with E-state index in [0.717, 1.165) is 9.87 Å². The maximum Gasteiger partial charge on any atom is 0.322 e. The Labute approximate surface area is 222 Å². The van der Waals surface area contributed by atoms with Gasteiger partial charge in [-0.3, -0.25) is 9.59 Å². The van der Waals surface area contributed by atoms with Crippen LogP contribution in [0.1, 0.15) is 34.1 Å². The number of hydrogen-bond acceptors (Lipinski definition) is 7. The number of carboxylic acids is 1. The number of amides is 1. The molecule has 1 saturated heterocycles. The van der Waals surface area contributed by atoms with Gasteiger partial charge in [0.25, 0.3) is 0 Å². The van der Waals surface area contributed by atoms with Crippen LogP contribution in [0.5, 0.6) is 11.5 Å². The van der Waals surface area contributed by atoms with Gasteiger partial charge in [-0.15, -0.1) is 0 Å². The molecule has 0 bridgehead atoms. The standard InChI is InChI=1S/C27H25N3O7S.2H2/c31-25(32)21-4-2-14-30(21)38(34,35)19-9-6-17(7-10-19)20-3-1-5-24(28-20)29-26(33)27(12-13-27)18-8-11-22-23(15-18)37-16-36-22;;/h1,3,5-11,15,21H,2,4,12-14,16H2,(H,31,32)(H,28,29,33);2*1H/t21-;;/m0../s1. The van der Waals surface area contributed by atoms with Gasteiger partial charge >= 0.3 is 5.97 Å². The molecule has 3 aliphatic rings. The number of ether oxygens (including phenoxy) is 2. The number of nitrogens with zero attached hydrogens (tertiary/aromatic N) is 2. The number of carbonyl (C=O) groups excluding carboxylic acids is 1. The first-order chi connectivity index (χ1) is 18.3. The molecule has 38 heavy (non-hydrogen) atoms. The molecule has 10 nitrogen and oxygen atoms in total. The Morgan fingerprint density at radius 2 is 1.82 bits per heavy atom. The maximum absolute atomic E-state index is 13.3. The Balaban J connectivity index is 0.00000185. The van der Waals surface area contributed by atoms with E-state index in [1.807, 2.05) is 18.2 Å². The minimum absolute atomic E-state index is 0. The number of carboxylic acid groups (broad SMARTS) is 1. The molecular weight excluding hydrogens is 510 g/mol. The maximum atomic E-state index is 13.3. The van der Waals surface area contributed by atoms with Gasteiger partial charge in [0.15, 0.2) is 11.5 Å². The highest BCUT2D eigenvalue weighted by Gasteiger charge is 2.52. The molecule has 1 atom stereocenters. The monoisotopic (exact) mass is 539 g/mol. The van der Waals surface area contributed by atoms with E-state index >= 15 is 0 Å². The normalized spacial score (nSPS) is 19.7. The molecule has 2 aliphatic heterocycles. The third kappa shape index (κ3) is 4.17. The first kappa shape index (κ1) is 24.4. The van der Waals surface area contributed by atoms with Crippen molar-refractivity contribution >= 4 is 27.7 Å². The Hall–Kier alpha value is -3.96. The predicted molar refractivity (Wildman–Crippen MR) is 141 cm³/mol. The molecule has 0 radical (unpaired) electrons. The highest BCUT2D eigenvalue weighted by atomic mass is 32.2. The van der Waals surface area contributed by atoms with Gasteiger partial charge in [0.2, 0.25) is 22.7 Å². The predicted octanol–water partition coefficient (Wildman–Crippen LogP) is 3.88. The fraction of sp³-hybridized carbons (Fsp3) is 0.296. The van der Waals surface area contributed by atoms with Gasteiger partial charge in [-0.25, -0.2) is 13.4 Å². The van der Waals surface area contributed by atoms with E-state index in [1.165, 1.54) is 12.1 Å². The number of benzene rings is 2. The Morgan fingerprint density at radius 1 is 1.05 bits per heavy atom. The summed E-state index contributed by atoms with van der Waals surface area (Å²) in [5.41, 5.74) is 1.45. The summed E-state index contributed by atoms with van der Waals surface area (Å²) in [6.45, 7) is 0.348. The van der Waals surface area contributed by atoms with E-state index in [-0.39, 0.29) is 27.0 Å². The van der Waals surface area contributed by atoms with Crippen molar-refractivity contribution in [3.05, 3.63) is 66.2 Å². The molecule has 1 aromatic heterocycles. The van der Waals surface area contributed by atoms with Crippen molar-refractivity contribution in [2.75, 3.05) is 18.7 Å². The van der Waals surface area contributed by atoms with E-state index in [2.05, 4.69) is 10.3 Å². The van der Waals surface area contributed by atoms with Crippen LogP contribution in [0.3, 0.4) is 0 Å². The average molecular weight is 540 g/mol. The fourth-order valence-electron chi connectivity index (χ4n) is 5.07. The minimum atomic E-state index is -3.94. The quantitative estimate of drug-likeness (QED) is 0.462. The number of hydrogen-bond donors (Lipinski definition) is 2. The first-order valence-electron chi connectivity index (χ1n) is 12.3. The summed E-state index contributed by atoms with van der Waals surface area (Å²) in [4.78, 5) is 29.3. The second kappa shape index (κ2) is 9.10. The SMILES string of the molecule is O=C(O)[C@@H]1CCCN1S(=O)(=O)c1ccc(-c2cccc(NC(=O)C3(c4ccc5c(c4)OCO5)CC3)n2)cc1.[HH].[HH]. The topological polar surface area (TPSA) is 135 Å². The van der Waals surface area contributed by atoms with Gasteiger partial charge < -0.3 is 19.9 Å². The molecule has 2 N–H and O–H groups in total. The van der Waals surface area contributed by atoms with Gasteiger partial charge in [-0.05, 0) is 67.6 Å². The molecule has 0 spiro atoms. The van der Waals surface area contributed by atoms with E-state index in [0.29, 0.717) is 54.3 Å². The van der Waals surface area contributed by atoms with Crippen molar-refractivity contribution in [1.82, 2.24) is 9.29 Å². The molecule has 1 saturated carbocycles. The van der Waals surface area contributed by atoms with Crippen LogP contribution in [0.4, 0.5) is 5.82 Å². The van der Waals surface area contributed by atoms with Crippen molar-refractivity contribution < 1.29 is 35.4 Å². The van der Waals surface area contributed by atoms with Crippen LogP contribution >= 0.6 is 0 Å². The van der Waals surface area contributed by atoms with Gasteiger partial charge in [0, 0.05) is 15.0 Å². The number of aliphatic carboxylic acids is 1. The van der Waals surface area contributed by atoms with Crippen LogP contribution in [0, 0.1) is 0 Å². The average Bonchev–Trinajstić information content (AvgIpc) is 3.33. The molecule has 1 aliphatic carbocycles. The number of pyridine rings is 1. The van der Waals surface area contributed by atoms with Crippen molar-refractivity contribution in [2.24, 2.45) is 0 Å². The molecule has 3 aromatic rings. The molecule has 200 valence electrons. The molecule has 0 unspecified atom stereocenters. The number of nitrogens with one attached hydrogen (secondary N) is 1. The highest BCUT2D eigenvalue weighted by Crippen LogP contribution is 2.51. The summed E-state index contributed by atoms with van der Waals surface area (Å²) in [5.74, 6) is 0.395. The van der Waals surface area contributed by atoms with Gasteiger partial charge in [0.05, 0.1) is 16.0 Å². The van der Waals surface area contributed by atoms with Gasteiger partial charge in [-0.2, -0.15) is 4.31 Å².